The summed E-state index contributed by atoms with van der Waals surface area (Å²) in [5.74, 6) is 0.0512. The molecule has 0 saturated carbocycles. The Morgan fingerprint density at radius 1 is 1.14 bits per heavy atom. The number of anilines is 1. The molecule has 1 aliphatic heterocycles. The first kappa shape index (κ1) is 22.0. The van der Waals surface area contributed by atoms with Crippen LogP contribution in [0.1, 0.15) is 19.3 Å². The summed E-state index contributed by atoms with van der Waals surface area (Å²) < 4.78 is 5.71. The predicted molar refractivity (Wildman–Crippen MR) is 111 cm³/mol. The number of carbonyl (C=O) groups is 2. The van der Waals surface area contributed by atoms with Crippen molar-refractivity contribution in [3.63, 3.8) is 0 Å². The van der Waals surface area contributed by atoms with Gasteiger partial charge in [0, 0.05) is 5.69 Å². The zero-order chi connectivity index (χ0) is 19.2. The number of aliphatic carboxylic acids is 1. The molecule has 1 amide bonds. The van der Waals surface area contributed by atoms with E-state index in [4.69, 9.17) is 16.3 Å². The van der Waals surface area contributed by atoms with Gasteiger partial charge in [0.05, 0.1) is 11.6 Å². The first-order valence-corrected chi connectivity index (χ1v) is 9.20. The van der Waals surface area contributed by atoms with Gasteiger partial charge in [0.15, 0.2) is 0 Å². The average molecular weight is 425 g/mol. The van der Waals surface area contributed by atoms with E-state index in [1.807, 2.05) is 12.1 Å². The molecular formula is C20H22Cl2N2O4. The third-order valence-electron chi connectivity index (χ3n) is 4.45. The highest BCUT2D eigenvalue weighted by Gasteiger charge is 2.29. The molecule has 0 aromatic heterocycles. The van der Waals surface area contributed by atoms with Crippen LogP contribution in [0, 0.1) is 0 Å². The molecule has 3 rings (SSSR count). The van der Waals surface area contributed by atoms with Gasteiger partial charge in [-0.05, 0) is 55.8 Å². The maximum atomic E-state index is 12.3. The molecule has 8 heteroatoms. The van der Waals surface area contributed by atoms with Crippen LogP contribution in [0.15, 0.2) is 48.5 Å². The zero-order valence-corrected chi connectivity index (χ0v) is 16.7. The van der Waals surface area contributed by atoms with Gasteiger partial charge in [0.2, 0.25) is 5.91 Å². The molecule has 0 bridgehead atoms. The van der Waals surface area contributed by atoms with E-state index in [1.165, 1.54) is 0 Å². The lowest BCUT2D eigenvalue weighted by molar-refractivity contribution is -0.145. The van der Waals surface area contributed by atoms with Crippen molar-refractivity contribution in [2.75, 3.05) is 18.4 Å². The summed E-state index contributed by atoms with van der Waals surface area (Å²) in [4.78, 5) is 25.3. The number of nitrogens with one attached hydrogen (secondary N) is 1. The van der Waals surface area contributed by atoms with E-state index in [-0.39, 0.29) is 24.9 Å². The van der Waals surface area contributed by atoms with Crippen LogP contribution in [-0.4, -0.2) is 41.0 Å². The van der Waals surface area contributed by atoms with Gasteiger partial charge in [-0.1, -0.05) is 30.2 Å². The normalized spacial score (nSPS) is 16.7. The lowest BCUT2D eigenvalue weighted by atomic mass is 10.0. The Hall–Kier alpha value is -2.28. The first-order valence-electron chi connectivity index (χ1n) is 8.82. The number of carbonyl (C=O) groups excluding carboxylic acids is 1. The second kappa shape index (κ2) is 10.3. The lowest BCUT2D eigenvalue weighted by Gasteiger charge is -2.32. The van der Waals surface area contributed by atoms with Crippen molar-refractivity contribution < 1.29 is 19.4 Å². The molecule has 0 radical (unpaired) electrons. The Balaban J connectivity index is 0.00000280. The minimum atomic E-state index is -0.872. The summed E-state index contributed by atoms with van der Waals surface area (Å²) >= 11 is 6.07. The Morgan fingerprint density at radius 3 is 2.54 bits per heavy atom. The number of nitrogens with zero attached hydrogens (tertiary/aromatic N) is 1. The molecule has 0 spiro atoms. The Kier molecular flexibility index (Phi) is 8.11. The number of carboxylic acid groups (broad SMARTS) is 1. The van der Waals surface area contributed by atoms with Crippen molar-refractivity contribution in [3.8, 4) is 11.5 Å². The summed E-state index contributed by atoms with van der Waals surface area (Å²) in [6.45, 7) is 0.684. The highest BCUT2D eigenvalue weighted by molar-refractivity contribution is 6.32. The molecule has 2 aromatic carbocycles. The average Bonchev–Trinajstić information content (AvgIpc) is 2.65. The third-order valence-corrected chi connectivity index (χ3v) is 4.76. The number of amides is 1. The van der Waals surface area contributed by atoms with Crippen molar-refractivity contribution in [2.24, 2.45) is 0 Å². The second-order valence-electron chi connectivity index (χ2n) is 6.43. The highest BCUT2D eigenvalue weighted by atomic mass is 35.5. The Bertz CT molecular complexity index is 814. The molecule has 1 unspecified atom stereocenters. The van der Waals surface area contributed by atoms with Crippen LogP contribution in [-0.2, 0) is 9.59 Å². The number of piperidine rings is 1. The topological polar surface area (TPSA) is 78.9 Å². The molecule has 150 valence electrons. The summed E-state index contributed by atoms with van der Waals surface area (Å²) in [6.07, 6.45) is 2.36. The predicted octanol–water partition coefficient (Wildman–Crippen LogP) is 4.43. The van der Waals surface area contributed by atoms with Crippen LogP contribution in [0.4, 0.5) is 5.69 Å². The van der Waals surface area contributed by atoms with E-state index < -0.39 is 12.0 Å². The number of likely N-dealkylation sites (tertiary alicyclic amines) is 1. The van der Waals surface area contributed by atoms with Crippen molar-refractivity contribution in [2.45, 2.75) is 25.3 Å². The van der Waals surface area contributed by atoms with Gasteiger partial charge >= 0.3 is 5.97 Å². The standard InChI is InChI=1S/C20H21ClN2O4.ClH/c21-16-5-1-2-7-18(16)27-15-10-8-14(9-11-15)22-19(24)13-23-12-4-3-6-17(23)20(25)26;/h1-2,5,7-11,17H,3-4,6,12-13H2,(H,22,24)(H,25,26);1H. The van der Waals surface area contributed by atoms with E-state index in [1.54, 1.807) is 41.3 Å². The van der Waals surface area contributed by atoms with Crippen molar-refractivity contribution in [1.82, 2.24) is 4.90 Å². The van der Waals surface area contributed by atoms with E-state index in [0.717, 1.165) is 12.8 Å². The van der Waals surface area contributed by atoms with Crippen molar-refractivity contribution in [1.29, 1.82) is 0 Å². The first-order chi connectivity index (χ1) is 13.0. The number of carboxylic acids is 1. The lowest BCUT2D eigenvalue weighted by Crippen LogP contribution is -2.47. The summed E-state index contributed by atoms with van der Waals surface area (Å²) in [5, 5.41) is 12.6. The molecule has 2 aromatic rings. The second-order valence-corrected chi connectivity index (χ2v) is 6.83. The maximum Gasteiger partial charge on any atom is 0.320 e. The monoisotopic (exact) mass is 424 g/mol. The molecule has 1 aliphatic rings. The number of hydrogen-bond donors (Lipinski definition) is 2. The van der Waals surface area contributed by atoms with Crippen molar-refractivity contribution in [3.05, 3.63) is 53.6 Å². The fourth-order valence-electron chi connectivity index (χ4n) is 3.11. The molecule has 2 N–H and O–H groups in total. The van der Waals surface area contributed by atoms with Gasteiger partial charge in [-0.15, -0.1) is 12.4 Å². The molecule has 28 heavy (non-hydrogen) atoms. The van der Waals surface area contributed by atoms with Gasteiger partial charge in [-0.2, -0.15) is 0 Å². The number of rotatable bonds is 6. The van der Waals surface area contributed by atoms with E-state index in [9.17, 15) is 14.7 Å². The Morgan fingerprint density at radius 2 is 1.86 bits per heavy atom. The van der Waals surface area contributed by atoms with Crippen LogP contribution >= 0.6 is 24.0 Å². The maximum absolute atomic E-state index is 12.3. The minimum absolute atomic E-state index is 0. The van der Waals surface area contributed by atoms with E-state index in [2.05, 4.69) is 5.32 Å². The molecule has 0 aliphatic carbocycles. The molecule has 1 heterocycles. The van der Waals surface area contributed by atoms with Gasteiger partial charge in [0.1, 0.15) is 17.5 Å². The van der Waals surface area contributed by atoms with Gasteiger partial charge in [-0.3, -0.25) is 14.5 Å². The van der Waals surface area contributed by atoms with Crippen LogP contribution in [0.2, 0.25) is 5.02 Å². The van der Waals surface area contributed by atoms with Crippen LogP contribution in [0.3, 0.4) is 0 Å². The zero-order valence-electron chi connectivity index (χ0n) is 15.1. The molecular weight excluding hydrogens is 403 g/mol. The molecule has 1 saturated heterocycles. The molecule has 6 nitrogen and oxygen atoms in total. The number of ether oxygens (including phenoxy) is 1. The highest BCUT2D eigenvalue weighted by Crippen LogP contribution is 2.29. The van der Waals surface area contributed by atoms with Crippen LogP contribution in [0.5, 0.6) is 11.5 Å². The minimum Gasteiger partial charge on any atom is -0.480 e. The summed E-state index contributed by atoms with van der Waals surface area (Å²) in [7, 11) is 0. The number of benzene rings is 2. The van der Waals surface area contributed by atoms with Gasteiger partial charge < -0.3 is 15.2 Å². The number of halogens is 2. The third kappa shape index (κ3) is 5.86. The quantitative estimate of drug-likeness (QED) is 0.716. The molecule has 1 fully saturated rings. The fraction of sp³-hybridized carbons (Fsp3) is 0.300. The van der Waals surface area contributed by atoms with Gasteiger partial charge in [0.25, 0.3) is 0 Å². The smallest absolute Gasteiger partial charge is 0.320 e. The van der Waals surface area contributed by atoms with Crippen molar-refractivity contribution >= 4 is 41.6 Å². The number of hydrogen-bond acceptors (Lipinski definition) is 4. The largest absolute Gasteiger partial charge is 0.480 e. The number of para-hydroxylation sites is 1. The fourth-order valence-corrected chi connectivity index (χ4v) is 3.28. The van der Waals surface area contributed by atoms with Crippen LogP contribution in [0.25, 0.3) is 0 Å². The SMILES string of the molecule is Cl.O=C(CN1CCCCC1C(=O)O)Nc1ccc(Oc2ccccc2Cl)cc1. The van der Waals surface area contributed by atoms with E-state index >= 15 is 0 Å². The summed E-state index contributed by atoms with van der Waals surface area (Å²) in [6, 6.07) is 13.5. The van der Waals surface area contributed by atoms with Crippen LogP contribution < -0.4 is 10.1 Å². The van der Waals surface area contributed by atoms with E-state index in [0.29, 0.717) is 35.2 Å². The molecule has 1 atom stereocenters. The summed E-state index contributed by atoms with van der Waals surface area (Å²) in [5.41, 5.74) is 0.621. The Labute approximate surface area is 174 Å². The van der Waals surface area contributed by atoms with Gasteiger partial charge in [-0.25, -0.2) is 0 Å².